The van der Waals surface area contributed by atoms with E-state index in [-0.39, 0.29) is 5.69 Å². The molecule has 0 saturated carbocycles. The molecule has 10 aromatic rings. The predicted molar refractivity (Wildman–Crippen MR) is 214 cm³/mol. The zero-order chi connectivity index (χ0) is 35.6. The lowest BCUT2D eigenvalue weighted by Gasteiger charge is -2.11. The maximum absolute atomic E-state index is 12.6. The molecule has 7 nitrogen and oxygen atoms in total. The minimum atomic E-state index is -0.0507. The molecule has 0 amide bonds. The lowest BCUT2D eigenvalue weighted by molar-refractivity contribution is 0.669. The number of nitrogens with zero attached hydrogens (tertiary/aromatic N) is 5. The number of aromatic nitrogens is 5. The van der Waals surface area contributed by atoms with E-state index in [4.69, 9.17) is 19.4 Å². The molecule has 53 heavy (non-hydrogen) atoms. The van der Waals surface area contributed by atoms with Gasteiger partial charge in [-0.05, 0) is 75.5 Å². The average molecular weight is 686 g/mol. The molecule has 7 heteroatoms. The summed E-state index contributed by atoms with van der Waals surface area (Å²) in [6, 6.07) is 51.7. The van der Waals surface area contributed by atoms with Gasteiger partial charge in [0.15, 0.2) is 17.5 Å². The zero-order valence-corrected chi connectivity index (χ0v) is 29.0. The Morgan fingerprint density at radius 1 is 0.434 bits per heavy atom. The monoisotopic (exact) mass is 685 g/mol. The fraction of sp³-hybridized carbons (Fsp3) is 0.0435. The van der Waals surface area contributed by atoms with Crippen LogP contribution in [0.5, 0.6) is 0 Å². The molecule has 0 saturated heterocycles. The molecule has 0 unspecified atom stereocenters. The first kappa shape index (κ1) is 30.7. The highest BCUT2D eigenvalue weighted by atomic mass is 16.3. The molecule has 0 N–H and O–H groups in total. The zero-order valence-electron chi connectivity index (χ0n) is 29.0. The summed E-state index contributed by atoms with van der Waals surface area (Å²) in [7, 11) is 3.60. The van der Waals surface area contributed by atoms with Crippen LogP contribution in [-0.2, 0) is 14.1 Å². The quantitative estimate of drug-likeness (QED) is 0.180. The van der Waals surface area contributed by atoms with Crippen molar-refractivity contribution in [1.82, 2.24) is 24.1 Å². The van der Waals surface area contributed by atoms with Gasteiger partial charge in [0, 0.05) is 41.6 Å². The number of hydrogen-bond donors (Lipinski definition) is 0. The molecule has 0 spiro atoms. The van der Waals surface area contributed by atoms with Crippen molar-refractivity contribution in [3.63, 3.8) is 0 Å². The first-order valence-electron chi connectivity index (χ1n) is 17.5. The van der Waals surface area contributed by atoms with E-state index >= 15 is 0 Å². The molecular weight excluding hydrogens is 655 g/mol. The minimum Gasteiger partial charge on any atom is -0.456 e. The van der Waals surface area contributed by atoms with Crippen LogP contribution < -0.4 is 5.69 Å². The van der Waals surface area contributed by atoms with Crippen molar-refractivity contribution in [1.29, 1.82) is 0 Å². The molecule has 10 rings (SSSR count). The maximum Gasteiger partial charge on any atom is 0.328 e. The Kier molecular flexibility index (Phi) is 6.94. The molecule has 0 aliphatic carbocycles. The van der Waals surface area contributed by atoms with Gasteiger partial charge in [0.2, 0.25) is 0 Å². The number of hydrogen-bond acceptors (Lipinski definition) is 5. The summed E-state index contributed by atoms with van der Waals surface area (Å²) in [5.41, 5.74) is 10.2. The number of furan rings is 1. The van der Waals surface area contributed by atoms with Crippen LogP contribution in [0.1, 0.15) is 0 Å². The van der Waals surface area contributed by atoms with Crippen LogP contribution in [0.2, 0.25) is 0 Å². The normalized spacial score (nSPS) is 11.7. The van der Waals surface area contributed by atoms with Gasteiger partial charge in [-0.3, -0.25) is 9.13 Å². The second kappa shape index (κ2) is 12.0. The topological polar surface area (TPSA) is 78.7 Å². The number of imidazole rings is 1. The predicted octanol–water partition coefficient (Wildman–Crippen LogP) is 10.4. The largest absolute Gasteiger partial charge is 0.456 e. The van der Waals surface area contributed by atoms with Crippen molar-refractivity contribution in [2.75, 3.05) is 0 Å². The SMILES string of the molecule is Cn1c(=O)n(C)c2cc(-c3cccc(-c4nc(-c5ccccc5)nc(-c5cccc(-c6ccc7oc8ccc9ccccc9c8c7c6)c5)n4)c3)ccc21. The first-order chi connectivity index (χ1) is 26.0. The van der Waals surface area contributed by atoms with Gasteiger partial charge in [-0.25, -0.2) is 19.7 Å². The third-order valence-electron chi connectivity index (χ3n) is 10.2. The third-order valence-corrected chi connectivity index (χ3v) is 10.2. The number of rotatable bonds is 5. The summed E-state index contributed by atoms with van der Waals surface area (Å²) in [5, 5.41) is 4.57. The summed E-state index contributed by atoms with van der Waals surface area (Å²) in [4.78, 5) is 27.7. The number of aryl methyl sites for hydroxylation is 2. The molecule has 3 heterocycles. The average Bonchev–Trinajstić information content (AvgIpc) is 3.71. The second-order valence-electron chi connectivity index (χ2n) is 13.4. The Labute approximate surface area is 304 Å². The van der Waals surface area contributed by atoms with E-state index in [9.17, 15) is 4.79 Å². The van der Waals surface area contributed by atoms with Crippen molar-refractivity contribution in [3.05, 3.63) is 162 Å². The van der Waals surface area contributed by atoms with Crippen LogP contribution in [0.4, 0.5) is 0 Å². The molecule has 0 bridgehead atoms. The van der Waals surface area contributed by atoms with Gasteiger partial charge in [-0.2, -0.15) is 0 Å². The third kappa shape index (κ3) is 5.13. The van der Waals surface area contributed by atoms with E-state index in [0.717, 1.165) is 71.9 Å². The summed E-state index contributed by atoms with van der Waals surface area (Å²) < 4.78 is 9.63. The summed E-state index contributed by atoms with van der Waals surface area (Å²) in [6.07, 6.45) is 0. The van der Waals surface area contributed by atoms with Crippen LogP contribution >= 0.6 is 0 Å². The van der Waals surface area contributed by atoms with Crippen molar-refractivity contribution < 1.29 is 4.42 Å². The van der Waals surface area contributed by atoms with Gasteiger partial charge >= 0.3 is 5.69 Å². The van der Waals surface area contributed by atoms with Crippen LogP contribution in [0.3, 0.4) is 0 Å². The summed E-state index contributed by atoms with van der Waals surface area (Å²) in [5.74, 6) is 1.76. The van der Waals surface area contributed by atoms with Crippen LogP contribution in [-0.4, -0.2) is 24.1 Å². The fourth-order valence-corrected chi connectivity index (χ4v) is 7.44. The molecule has 0 fully saturated rings. The molecule has 0 aliphatic heterocycles. The molecule has 3 aromatic heterocycles. The molecule has 0 aliphatic rings. The highest BCUT2D eigenvalue weighted by Crippen LogP contribution is 2.37. The van der Waals surface area contributed by atoms with Gasteiger partial charge in [-0.15, -0.1) is 0 Å². The van der Waals surface area contributed by atoms with E-state index in [1.807, 2.05) is 60.7 Å². The highest BCUT2D eigenvalue weighted by molar-refractivity contribution is 6.19. The second-order valence-corrected chi connectivity index (χ2v) is 13.4. The van der Waals surface area contributed by atoms with Crippen molar-refractivity contribution in [2.24, 2.45) is 14.1 Å². The number of fused-ring (bicyclic) bond motifs is 6. The maximum atomic E-state index is 12.6. The Morgan fingerprint density at radius 2 is 0.981 bits per heavy atom. The van der Waals surface area contributed by atoms with E-state index < -0.39 is 0 Å². The molecule has 7 aromatic carbocycles. The molecule has 252 valence electrons. The van der Waals surface area contributed by atoms with E-state index in [2.05, 4.69) is 91.0 Å². The van der Waals surface area contributed by atoms with E-state index in [1.54, 1.807) is 23.2 Å². The molecule has 0 radical (unpaired) electrons. The van der Waals surface area contributed by atoms with Gasteiger partial charge in [0.25, 0.3) is 0 Å². The van der Waals surface area contributed by atoms with Gasteiger partial charge in [0.05, 0.1) is 11.0 Å². The van der Waals surface area contributed by atoms with Gasteiger partial charge < -0.3 is 4.42 Å². The van der Waals surface area contributed by atoms with Crippen molar-refractivity contribution in [2.45, 2.75) is 0 Å². The van der Waals surface area contributed by atoms with Crippen molar-refractivity contribution >= 4 is 43.7 Å². The van der Waals surface area contributed by atoms with Crippen LogP contribution in [0.15, 0.2) is 161 Å². The van der Waals surface area contributed by atoms with Gasteiger partial charge in [0.1, 0.15) is 11.2 Å². The van der Waals surface area contributed by atoms with Crippen molar-refractivity contribution in [3.8, 4) is 56.4 Å². The highest BCUT2D eigenvalue weighted by Gasteiger charge is 2.16. The lowest BCUT2D eigenvalue weighted by atomic mass is 9.99. The smallest absolute Gasteiger partial charge is 0.328 e. The fourth-order valence-electron chi connectivity index (χ4n) is 7.44. The number of benzene rings is 7. The Morgan fingerprint density at radius 3 is 1.72 bits per heavy atom. The van der Waals surface area contributed by atoms with E-state index in [0.29, 0.717) is 17.5 Å². The van der Waals surface area contributed by atoms with Gasteiger partial charge in [-0.1, -0.05) is 109 Å². The summed E-state index contributed by atoms with van der Waals surface area (Å²) in [6.45, 7) is 0. The summed E-state index contributed by atoms with van der Waals surface area (Å²) >= 11 is 0. The standard InChI is InChI=1S/C46H31N5O2/c1-50-38-21-18-33(27-39(38)51(2)46(50)52)31-14-9-16-35(25-31)45-48-43(29-11-4-3-5-12-29)47-44(49-45)34-15-8-13-30(24-34)32-20-22-40-37(26-32)42-36-17-7-6-10-28(36)19-23-41(42)53-40/h3-27H,1-2H3. The van der Waals surface area contributed by atoms with Crippen LogP contribution in [0.25, 0.3) is 100 Å². The minimum absolute atomic E-state index is 0.0507. The Bertz CT molecular complexity index is 3120. The Balaban J connectivity index is 1.09. The van der Waals surface area contributed by atoms with E-state index in [1.165, 1.54) is 10.8 Å². The first-order valence-corrected chi connectivity index (χ1v) is 17.5. The lowest BCUT2D eigenvalue weighted by Crippen LogP contribution is -2.19. The van der Waals surface area contributed by atoms with Crippen LogP contribution in [0, 0.1) is 0 Å². The Hall–Kier alpha value is -7.12. The molecular formula is C46H31N5O2. The molecule has 0 atom stereocenters.